The predicted octanol–water partition coefficient (Wildman–Crippen LogP) is 5.34. The molecule has 1 unspecified atom stereocenters. The Balaban J connectivity index is 1.74. The number of carbonyl (C=O) groups is 1. The van der Waals surface area contributed by atoms with E-state index in [9.17, 15) is 4.79 Å². The Labute approximate surface area is 167 Å². The molecule has 6 heteroatoms. The fourth-order valence-electron chi connectivity index (χ4n) is 3.41. The van der Waals surface area contributed by atoms with Gasteiger partial charge in [0.05, 0.1) is 22.9 Å². The maximum atomic E-state index is 13.3. The zero-order valence-corrected chi connectivity index (χ0v) is 16.7. The van der Waals surface area contributed by atoms with E-state index in [1.165, 1.54) is 5.56 Å². The number of hydrogen-bond donors (Lipinski definition) is 0. The summed E-state index contributed by atoms with van der Waals surface area (Å²) in [5, 5.41) is 1.27. The molecule has 0 spiro atoms. The van der Waals surface area contributed by atoms with E-state index < -0.39 is 0 Å². The van der Waals surface area contributed by atoms with Gasteiger partial charge in [-0.1, -0.05) is 48.1 Å². The van der Waals surface area contributed by atoms with Crippen LogP contribution in [0.1, 0.15) is 35.7 Å². The number of ether oxygens (including phenoxy) is 1. The first-order chi connectivity index (χ1) is 13.2. The van der Waals surface area contributed by atoms with E-state index in [4.69, 9.17) is 21.3 Å². The van der Waals surface area contributed by atoms with Crippen LogP contribution in [-0.2, 0) is 11.2 Å². The highest BCUT2D eigenvalue weighted by molar-refractivity contribution is 7.22. The van der Waals surface area contributed by atoms with Crippen molar-refractivity contribution < 1.29 is 9.53 Å². The van der Waals surface area contributed by atoms with Gasteiger partial charge < -0.3 is 4.74 Å². The number of hydrogen-bond acceptors (Lipinski definition) is 4. The fourth-order valence-corrected chi connectivity index (χ4v) is 4.62. The number of rotatable bonds is 5. The van der Waals surface area contributed by atoms with Crippen molar-refractivity contribution in [2.45, 2.75) is 32.3 Å². The maximum absolute atomic E-state index is 13.3. The van der Waals surface area contributed by atoms with Gasteiger partial charge in [0.1, 0.15) is 0 Å². The summed E-state index contributed by atoms with van der Waals surface area (Å²) in [6.45, 7) is 3.38. The van der Waals surface area contributed by atoms with Gasteiger partial charge in [0, 0.05) is 17.2 Å². The van der Waals surface area contributed by atoms with Gasteiger partial charge >= 0.3 is 0 Å². The lowest BCUT2D eigenvalue weighted by Crippen LogP contribution is -2.37. The molecule has 0 N–H and O–H groups in total. The number of fused-ring (bicyclic) bond motifs is 1. The first-order valence-corrected chi connectivity index (χ1v) is 10.4. The molecule has 2 aromatic carbocycles. The summed E-state index contributed by atoms with van der Waals surface area (Å²) in [6, 6.07) is 13.3. The minimum absolute atomic E-state index is 0.0470. The Hall–Kier alpha value is -1.95. The highest BCUT2D eigenvalue weighted by Crippen LogP contribution is 2.33. The monoisotopic (exact) mass is 400 g/mol. The van der Waals surface area contributed by atoms with E-state index in [1.54, 1.807) is 40.5 Å². The normalized spacial score (nSPS) is 16.7. The molecule has 0 radical (unpaired) electrons. The molecule has 1 amide bonds. The third-order valence-corrected chi connectivity index (χ3v) is 6.11. The van der Waals surface area contributed by atoms with Crippen molar-refractivity contribution in [1.29, 1.82) is 0 Å². The van der Waals surface area contributed by atoms with Crippen LogP contribution < -0.4 is 4.90 Å². The molecule has 0 aliphatic carbocycles. The molecular weight excluding hydrogens is 380 g/mol. The first kappa shape index (κ1) is 18.4. The van der Waals surface area contributed by atoms with Crippen LogP contribution in [-0.4, -0.2) is 30.1 Å². The lowest BCUT2D eigenvalue weighted by Gasteiger charge is -2.23. The van der Waals surface area contributed by atoms with Crippen molar-refractivity contribution in [3.63, 3.8) is 0 Å². The summed E-state index contributed by atoms with van der Waals surface area (Å²) < 4.78 is 6.89. The lowest BCUT2D eigenvalue weighted by atomic mass is 10.1. The Kier molecular flexibility index (Phi) is 5.43. The highest BCUT2D eigenvalue weighted by Gasteiger charge is 2.27. The van der Waals surface area contributed by atoms with Gasteiger partial charge in [-0.05, 0) is 49.1 Å². The summed E-state index contributed by atoms with van der Waals surface area (Å²) in [5.74, 6) is -0.0925. The second-order valence-corrected chi connectivity index (χ2v) is 8.12. The van der Waals surface area contributed by atoms with Crippen molar-refractivity contribution in [3.8, 4) is 0 Å². The van der Waals surface area contributed by atoms with Crippen molar-refractivity contribution in [2.75, 3.05) is 18.1 Å². The summed E-state index contributed by atoms with van der Waals surface area (Å²) >= 11 is 7.66. The van der Waals surface area contributed by atoms with E-state index in [1.807, 2.05) is 6.07 Å². The Morgan fingerprint density at radius 1 is 1.33 bits per heavy atom. The van der Waals surface area contributed by atoms with E-state index in [2.05, 4.69) is 19.1 Å². The molecule has 1 atom stereocenters. The van der Waals surface area contributed by atoms with Gasteiger partial charge in [-0.15, -0.1) is 0 Å². The molecule has 2 heterocycles. The molecule has 1 saturated heterocycles. The number of thiazole rings is 1. The van der Waals surface area contributed by atoms with Gasteiger partial charge in [-0.25, -0.2) is 4.98 Å². The number of amides is 1. The Morgan fingerprint density at radius 2 is 2.19 bits per heavy atom. The Bertz CT molecular complexity index is 966. The molecule has 3 aromatic rings. The number of aryl methyl sites for hydroxylation is 1. The van der Waals surface area contributed by atoms with Gasteiger partial charge in [-0.3, -0.25) is 9.69 Å². The van der Waals surface area contributed by atoms with Gasteiger partial charge in [0.15, 0.2) is 5.13 Å². The molecular formula is C21H21ClN2O2S. The zero-order chi connectivity index (χ0) is 18.8. The first-order valence-electron chi connectivity index (χ1n) is 9.23. The van der Waals surface area contributed by atoms with Crippen LogP contribution in [0.5, 0.6) is 0 Å². The molecule has 1 fully saturated rings. The SMILES string of the molecule is CCc1cccc2sc(N(CC3CCCO3)C(=O)c3cccc(Cl)c3)nc12. The number of anilines is 1. The molecule has 1 aliphatic rings. The minimum atomic E-state index is -0.0925. The zero-order valence-electron chi connectivity index (χ0n) is 15.2. The van der Waals surface area contributed by atoms with E-state index >= 15 is 0 Å². The molecule has 0 saturated carbocycles. The second-order valence-electron chi connectivity index (χ2n) is 6.68. The molecule has 1 aromatic heterocycles. The average Bonchev–Trinajstić information content (AvgIpc) is 3.34. The van der Waals surface area contributed by atoms with Crippen LogP contribution in [0.2, 0.25) is 5.02 Å². The average molecular weight is 401 g/mol. The quantitative estimate of drug-likeness (QED) is 0.580. The molecule has 27 heavy (non-hydrogen) atoms. The summed E-state index contributed by atoms with van der Waals surface area (Å²) in [4.78, 5) is 19.9. The number of aromatic nitrogens is 1. The Morgan fingerprint density at radius 3 is 2.93 bits per heavy atom. The number of halogens is 1. The van der Waals surface area contributed by atoms with E-state index in [0.717, 1.165) is 36.1 Å². The molecule has 140 valence electrons. The molecule has 4 nitrogen and oxygen atoms in total. The van der Waals surface area contributed by atoms with Gasteiger partial charge in [-0.2, -0.15) is 0 Å². The van der Waals surface area contributed by atoms with Gasteiger partial charge in [0.2, 0.25) is 0 Å². The number of benzene rings is 2. The molecule has 0 bridgehead atoms. The van der Waals surface area contributed by atoms with Crippen LogP contribution in [0, 0.1) is 0 Å². The third kappa shape index (κ3) is 3.86. The van der Waals surface area contributed by atoms with Crippen LogP contribution in [0.15, 0.2) is 42.5 Å². The van der Waals surface area contributed by atoms with Crippen LogP contribution in [0.4, 0.5) is 5.13 Å². The predicted molar refractivity (Wildman–Crippen MR) is 111 cm³/mol. The minimum Gasteiger partial charge on any atom is -0.376 e. The van der Waals surface area contributed by atoms with Crippen molar-refractivity contribution in [3.05, 3.63) is 58.6 Å². The van der Waals surface area contributed by atoms with Crippen molar-refractivity contribution in [2.24, 2.45) is 0 Å². The number of para-hydroxylation sites is 1. The summed E-state index contributed by atoms with van der Waals surface area (Å²) in [7, 11) is 0. The van der Waals surface area contributed by atoms with E-state index in [-0.39, 0.29) is 12.0 Å². The van der Waals surface area contributed by atoms with Crippen LogP contribution in [0.25, 0.3) is 10.2 Å². The van der Waals surface area contributed by atoms with Crippen molar-refractivity contribution >= 4 is 44.2 Å². The lowest BCUT2D eigenvalue weighted by molar-refractivity contribution is 0.0917. The van der Waals surface area contributed by atoms with Gasteiger partial charge in [0.25, 0.3) is 5.91 Å². The van der Waals surface area contributed by atoms with Crippen LogP contribution in [0.3, 0.4) is 0 Å². The number of carbonyl (C=O) groups excluding carboxylic acids is 1. The largest absolute Gasteiger partial charge is 0.376 e. The third-order valence-electron chi connectivity index (χ3n) is 4.83. The smallest absolute Gasteiger partial charge is 0.260 e. The van der Waals surface area contributed by atoms with Crippen LogP contribution >= 0.6 is 22.9 Å². The standard InChI is InChI=1S/C21H21ClN2O2S/c1-2-14-6-4-10-18-19(14)23-21(27-18)24(13-17-9-5-11-26-17)20(25)15-7-3-8-16(22)12-15/h3-4,6-8,10,12,17H,2,5,9,11,13H2,1H3. The summed E-state index contributed by atoms with van der Waals surface area (Å²) in [6.07, 6.45) is 2.95. The number of nitrogens with zero attached hydrogens (tertiary/aromatic N) is 2. The molecule has 4 rings (SSSR count). The van der Waals surface area contributed by atoms with Crippen molar-refractivity contribution in [1.82, 2.24) is 4.98 Å². The summed E-state index contributed by atoms with van der Waals surface area (Å²) in [5.41, 5.74) is 2.74. The topological polar surface area (TPSA) is 42.4 Å². The fraction of sp³-hybridized carbons (Fsp3) is 0.333. The maximum Gasteiger partial charge on any atom is 0.260 e. The van der Waals surface area contributed by atoms with E-state index in [0.29, 0.717) is 22.3 Å². The highest BCUT2D eigenvalue weighted by atomic mass is 35.5. The second kappa shape index (κ2) is 7.97. The molecule has 1 aliphatic heterocycles.